The highest BCUT2D eigenvalue weighted by Gasteiger charge is 2.21. The summed E-state index contributed by atoms with van der Waals surface area (Å²) < 4.78 is 10.6. The van der Waals surface area contributed by atoms with Crippen molar-refractivity contribution >= 4 is 19.3 Å². The fourth-order valence-electron chi connectivity index (χ4n) is 0.923. The summed E-state index contributed by atoms with van der Waals surface area (Å²) in [5, 5.41) is 8.39. The molecule has 0 spiro atoms. The Morgan fingerprint density at radius 3 is 2.07 bits per heavy atom. The van der Waals surface area contributed by atoms with Crippen molar-refractivity contribution in [2.45, 2.75) is 6.92 Å². The molecule has 0 rings (SSSR count). The second-order valence-electron chi connectivity index (χ2n) is 2.89. The molecule has 7 nitrogen and oxygen atoms in total. The molecule has 82 valence electrons. The van der Waals surface area contributed by atoms with Gasteiger partial charge in [0.1, 0.15) is 12.1 Å². The van der Waals surface area contributed by atoms with Gasteiger partial charge in [-0.15, -0.1) is 0 Å². The standard InChI is InChI=1S/C6H12NO6P/c1-5(8)2-7(3-6(9)10)4-14(11,12)13/h2-4H2,1H3,(H,9,10)(H2,11,12,13). The number of hydrogen-bond acceptors (Lipinski definition) is 4. The van der Waals surface area contributed by atoms with Gasteiger partial charge in [0.25, 0.3) is 0 Å². The van der Waals surface area contributed by atoms with Gasteiger partial charge >= 0.3 is 13.6 Å². The van der Waals surface area contributed by atoms with Crippen molar-refractivity contribution < 1.29 is 29.0 Å². The molecule has 14 heavy (non-hydrogen) atoms. The fourth-order valence-corrected chi connectivity index (χ4v) is 1.64. The Labute approximate surface area is 80.5 Å². The van der Waals surface area contributed by atoms with Crippen LogP contribution in [0.15, 0.2) is 0 Å². The first-order valence-corrected chi connectivity index (χ1v) is 5.48. The molecule has 0 heterocycles. The van der Waals surface area contributed by atoms with Crippen LogP contribution in [-0.2, 0) is 14.2 Å². The molecule has 0 aliphatic rings. The Hall–Kier alpha value is -0.750. The van der Waals surface area contributed by atoms with E-state index in [9.17, 15) is 14.2 Å². The first-order chi connectivity index (χ1) is 6.20. The number of Topliss-reactive ketones (excluding diaryl/α,β-unsaturated/α-hetero) is 1. The van der Waals surface area contributed by atoms with Crippen LogP contribution in [0.5, 0.6) is 0 Å². The maximum Gasteiger partial charge on any atom is 0.339 e. The van der Waals surface area contributed by atoms with Crippen LogP contribution < -0.4 is 0 Å². The van der Waals surface area contributed by atoms with Gasteiger partial charge in [0.15, 0.2) is 0 Å². The number of carbonyl (C=O) groups excluding carboxylic acids is 1. The molecule has 8 heteroatoms. The third-order valence-corrected chi connectivity index (χ3v) is 1.96. The van der Waals surface area contributed by atoms with Gasteiger partial charge < -0.3 is 14.9 Å². The lowest BCUT2D eigenvalue weighted by atomic mass is 10.4. The van der Waals surface area contributed by atoms with E-state index in [-0.39, 0.29) is 12.3 Å². The summed E-state index contributed by atoms with van der Waals surface area (Å²) in [5.41, 5.74) is 0. The molecule has 0 fully saturated rings. The van der Waals surface area contributed by atoms with E-state index in [4.69, 9.17) is 14.9 Å². The van der Waals surface area contributed by atoms with Gasteiger partial charge in [-0.1, -0.05) is 0 Å². The maximum absolute atomic E-state index is 10.6. The van der Waals surface area contributed by atoms with Crippen molar-refractivity contribution in [3.8, 4) is 0 Å². The van der Waals surface area contributed by atoms with Crippen LogP contribution in [-0.4, -0.2) is 50.9 Å². The van der Waals surface area contributed by atoms with Crippen LogP contribution in [0.4, 0.5) is 0 Å². The highest BCUT2D eigenvalue weighted by molar-refractivity contribution is 7.51. The number of ketones is 1. The van der Waals surface area contributed by atoms with E-state index in [0.29, 0.717) is 0 Å². The zero-order valence-electron chi connectivity index (χ0n) is 7.58. The summed E-state index contributed by atoms with van der Waals surface area (Å²) in [7, 11) is -4.32. The van der Waals surface area contributed by atoms with E-state index >= 15 is 0 Å². The van der Waals surface area contributed by atoms with Crippen molar-refractivity contribution in [2.24, 2.45) is 0 Å². The summed E-state index contributed by atoms with van der Waals surface area (Å²) in [4.78, 5) is 39.0. The van der Waals surface area contributed by atoms with E-state index in [0.717, 1.165) is 4.90 Å². The molecule has 0 aliphatic carbocycles. The largest absolute Gasteiger partial charge is 0.480 e. The maximum atomic E-state index is 10.6. The molecule has 0 saturated carbocycles. The summed E-state index contributed by atoms with van der Waals surface area (Å²) in [6, 6.07) is 0. The molecule has 0 aromatic rings. The van der Waals surface area contributed by atoms with E-state index in [1.807, 2.05) is 0 Å². The Morgan fingerprint density at radius 1 is 1.29 bits per heavy atom. The van der Waals surface area contributed by atoms with Crippen molar-refractivity contribution in [3.63, 3.8) is 0 Å². The SMILES string of the molecule is CC(=O)CN(CC(=O)O)CP(=O)(O)O. The number of hydrogen-bond donors (Lipinski definition) is 3. The summed E-state index contributed by atoms with van der Waals surface area (Å²) >= 11 is 0. The average Bonchev–Trinajstić information content (AvgIpc) is 1.77. The second-order valence-corrected chi connectivity index (χ2v) is 4.50. The molecule has 0 bridgehead atoms. The van der Waals surface area contributed by atoms with Crippen LogP contribution in [0.2, 0.25) is 0 Å². The number of carboxylic acids is 1. The van der Waals surface area contributed by atoms with Gasteiger partial charge in [-0.2, -0.15) is 0 Å². The van der Waals surface area contributed by atoms with Crippen molar-refractivity contribution in [2.75, 3.05) is 19.4 Å². The highest BCUT2D eigenvalue weighted by atomic mass is 31.2. The Morgan fingerprint density at radius 2 is 1.79 bits per heavy atom. The number of carbonyl (C=O) groups is 2. The molecule has 3 N–H and O–H groups in total. The van der Waals surface area contributed by atoms with Gasteiger partial charge in [-0.3, -0.25) is 19.1 Å². The summed E-state index contributed by atoms with van der Waals surface area (Å²) in [6.07, 6.45) is -0.723. The lowest BCUT2D eigenvalue weighted by molar-refractivity contribution is -0.138. The normalized spacial score (nSPS) is 11.7. The van der Waals surface area contributed by atoms with Gasteiger partial charge in [-0.05, 0) is 6.92 Å². The average molecular weight is 225 g/mol. The predicted octanol–water partition coefficient (Wildman–Crippen LogP) is -0.903. The smallest absolute Gasteiger partial charge is 0.339 e. The molecule has 0 unspecified atom stereocenters. The molecule has 0 aromatic carbocycles. The highest BCUT2D eigenvalue weighted by Crippen LogP contribution is 2.34. The fraction of sp³-hybridized carbons (Fsp3) is 0.667. The predicted molar refractivity (Wildman–Crippen MR) is 46.8 cm³/mol. The number of carboxylic acid groups (broad SMARTS) is 1. The van der Waals surface area contributed by atoms with Crippen LogP contribution in [0.3, 0.4) is 0 Å². The molecule has 0 aliphatic heterocycles. The second kappa shape index (κ2) is 5.21. The monoisotopic (exact) mass is 225 g/mol. The van der Waals surface area contributed by atoms with Gasteiger partial charge in [0.2, 0.25) is 0 Å². The minimum Gasteiger partial charge on any atom is -0.480 e. The number of aliphatic carboxylic acids is 1. The molecule has 0 aromatic heterocycles. The van der Waals surface area contributed by atoms with Crippen LogP contribution >= 0.6 is 7.60 Å². The van der Waals surface area contributed by atoms with E-state index in [2.05, 4.69) is 0 Å². The molecular formula is C6H12NO6P. The minimum absolute atomic E-state index is 0.280. The quantitative estimate of drug-likeness (QED) is 0.501. The topological polar surface area (TPSA) is 115 Å². The van der Waals surface area contributed by atoms with Crippen molar-refractivity contribution in [1.82, 2.24) is 4.90 Å². The van der Waals surface area contributed by atoms with E-state index < -0.39 is 26.4 Å². The minimum atomic E-state index is -4.32. The zero-order valence-corrected chi connectivity index (χ0v) is 8.48. The van der Waals surface area contributed by atoms with Crippen LogP contribution in [0, 0.1) is 0 Å². The Bertz CT molecular complexity index is 255. The first kappa shape index (κ1) is 13.2. The van der Waals surface area contributed by atoms with Crippen LogP contribution in [0.25, 0.3) is 0 Å². The lowest BCUT2D eigenvalue weighted by Gasteiger charge is -2.18. The number of rotatable bonds is 6. The van der Waals surface area contributed by atoms with E-state index in [1.165, 1.54) is 6.92 Å². The van der Waals surface area contributed by atoms with Crippen molar-refractivity contribution in [1.29, 1.82) is 0 Å². The van der Waals surface area contributed by atoms with E-state index in [1.54, 1.807) is 0 Å². The van der Waals surface area contributed by atoms with Gasteiger partial charge in [0.05, 0.1) is 13.1 Å². The molecule has 0 radical (unpaired) electrons. The molecule has 0 saturated heterocycles. The lowest BCUT2D eigenvalue weighted by Crippen LogP contribution is -2.34. The summed E-state index contributed by atoms with van der Waals surface area (Å²) in [5.74, 6) is -1.58. The first-order valence-electron chi connectivity index (χ1n) is 3.69. The van der Waals surface area contributed by atoms with Gasteiger partial charge in [-0.25, -0.2) is 0 Å². The van der Waals surface area contributed by atoms with Gasteiger partial charge in [0, 0.05) is 0 Å². The Kier molecular flexibility index (Phi) is 4.93. The third-order valence-electron chi connectivity index (χ3n) is 1.19. The molecular weight excluding hydrogens is 213 g/mol. The molecule has 0 atom stereocenters. The van der Waals surface area contributed by atoms with Crippen molar-refractivity contribution in [3.05, 3.63) is 0 Å². The zero-order chi connectivity index (χ0) is 11.4. The number of nitrogens with zero attached hydrogens (tertiary/aromatic N) is 1. The Balaban J connectivity index is 4.32. The molecule has 0 amide bonds. The third kappa shape index (κ3) is 7.88. The summed E-state index contributed by atoms with van der Waals surface area (Å²) in [6.45, 7) is 0.372. The van der Waals surface area contributed by atoms with Crippen LogP contribution in [0.1, 0.15) is 6.92 Å².